The number of piperidine rings is 1. The van der Waals surface area contributed by atoms with E-state index in [4.69, 9.17) is 0 Å². The summed E-state index contributed by atoms with van der Waals surface area (Å²) >= 11 is 0. The Balaban J connectivity index is 1.69. The third-order valence-electron chi connectivity index (χ3n) is 4.64. The summed E-state index contributed by atoms with van der Waals surface area (Å²) in [6, 6.07) is 14.6. The maximum absolute atomic E-state index is 13.9. The number of hydrogen-bond acceptors (Lipinski definition) is 2. The predicted octanol–water partition coefficient (Wildman–Crippen LogP) is 3.87. The molecule has 1 aliphatic rings. The molecule has 3 nitrogen and oxygen atoms in total. The van der Waals surface area contributed by atoms with Crippen molar-refractivity contribution < 1.29 is 8.60 Å². The largest absolute Gasteiger partial charge is 0.344 e. The molecule has 0 saturated carbocycles. The third-order valence-corrected chi connectivity index (χ3v) is 6.06. The Kier molecular flexibility index (Phi) is 4.21. The number of halogens is 1. The van der Waals surface area contributed by atoms with Gasteiger partial charge in [-0.1, -0.05) is 12.1 Å². The third kappa shape index (κ3) is 2.78. The van der Waals surface area contributed by atoms with Gasteiger partial charge in [-0.05, 0) is 62.3 Å². The molecule has 0 aliphatic carbocycles. The van der Waals surface area contributed by atoms with Crippen LogP contribution in [-0.4, -0.2) is 21.9 Å². The number of fused-ring (bicyclic) bond motifs is 1. The van der Waals surface area contributed by atoms with E-state index >= 15 is 0 Å². The monoisotopic (exact) mass is 342 g/mol. The van der Waals surface area contributed by atoms with Crippen LogP contribution in [0.25, 0.3) is 10.9 Å². The molecule has 24 heavy (non-hydrogen) atoms. The molecule has 0 spiro atoms. The molecule has 0 amide bonds. The lowest BCUT2D eigenvalue weighted by Gasteiger charge is -2.25. The van der Waals surface area contributed by atoms with E-state index in [-0.39, 0.29) is 4.90 Å². The zero-order valence-corrected chi connectivity index (χ0v) is 14.1. The fourth-order valence-electron chi connectivity index (χ4n) is 3.38. The van der Waals surface area contributed by atoms with Crippen molar-refractivity contribution >= 4 is 21.7 Å². The summed E-state index contributed by atoms with van der Waals surface area (Å²) in [5.41, 5.74) is 1.15. The van der Waals surface area contributed by atoms with Crippen LogP contribution in [0.5, 0.6) is 0 Å². The van der Waals surface area contributed by atoms with Gasteiger partial charge in [-0.25, -0.2) is 8.60 Å². The van der Waals surface area contributed by atoms with Crippen molar-refractivity contribution in [1.29, 1.82) is 0 Å². The Morgan fingerprint density at radius 3 is 2.67 bits per heavy atom. The highest BCUT2D eigenvalue weighted by molar-refractivity contribution is 7.85. The Labute approximate surface area is 142 Å². The number of hydrogen-bond donors (Lipinski definition) is 1. The van der Waals surface area contributed by atoms with Crippen molar-refractivity contribution in [3.05, 3.63) is 60.5 Å². The van der Waals surface area contributed by atoms with E-state index in [0.717, 1.165) is 36.8 Å². The van der Waals surface area contributed by atoms with Crippen LogP contribution in [0, 0.1) is 5.82 Å². The van der Waals surface area contributed by atoms with Crippen LogP contribution in [0.3, 0.4) is 0 Å². The molecule has 124 valence electrons. The quantitative estimate of drug-likeness (QED) is 0.784. The minimum absolute atomic E-state index is 0.231. The van der Waals surface area contributed by atoms with Gasteiger partial charge in [-0.3, -0.25) is 0 Å². The van der Waals surface area contributed by atoms with Crippen LogP contribution in [0.15, 0.2) is 64.5 Å². The molecule has 5 heteroatoms. The maximum Gasteiger partial charge on any atom is 0.139 e. The first-order valence-corrected chi connectivity index (χ1v) is 9.36. The summed E-state index contributed by atoms with van der Waals surface area (Å²) in [7, 11) is -1.50. The number of nitrogens with zero attached hydrogens (tertiary/aromatic N) is 1. The molecule has 4 rings (SSSR count). The zero-order valence-electron chi connectivity index (χ0n) is 13.2. The first-order chi connectivity index (χ1) is 11.7. The molecular formula is C19H19FN2OS. The summed E-state index contributed by atoms with van der Waals surface area (Å²) in [4.78, 5) is 0.866. The van der Waals surface area contributed by atoms with Gasteiger partial charge in [-0.2, -0.15) is 0 Å². The van der Waals surface area contributed by atoms with Crippen molar-refractivity contribution in [2.45, 2.75) is 28.7 Å². The summed E-state index contributed by atoms with van der Waals surface area (Å²) in [5, 5.41) is 4.43. The smallest absolute Gasteiger partial charge is 0.139 e. The van der Waals surface area contributed by atoms with Crippen LogP contribution < -0.4 is 5.32 Å². The van der Waals surface area contributed by atoms with Gasteiger partial charge in [-0.15, -0.1) is 0 Å². The van der Waals surface area contributed by atoms with Gasteiger partial charge in [0.1, 0.15) is 5.82 Å². The zero-order chi connectivity index (χ0) is 16.5. The molecule has 1 aliphatic heterocycles. The minimum Gasteiger partial charge on any atom is -0.344 e. The fraction of sp³-hybridized carbons (Fsp3) is 0.263. The average molecular weight is 342 g/mol. The molecule has 2 heterocycles. The summed E-state index contributed by atoms with van der Waals surface area (Å²) in [6.07, 6.45) is 4.34. The molecule has 0 radical (unpaired) electrons. The molecule has 1 unspecified atom stereocenters. The minimum atomic E-state index is -1.50. The van der Waals surface area contributed by atoms with Crippen molar-refractivity contribution in [2.75, 3.05) is 13.1 Å². The Morgan fingerprint density at radius 1 is 1.08 bits per heavy atom. The van der Waals surface area contributed by atoms with E-state index in [1.54, 1.807) is 18.2 Å². The normalized spacial score (nSPS) is 17.2. The molecule has 3 aromatic rings. The second-order valence-electron chi connectivity index (χ2n) is 6.12. The van der Waals surface area contributed by atoms with Gasteiger partial charge < -0.3 is 9.88 Å². The first kappa shape index (κ1) is 15.5. The number of aromatic nitrogens is 1. The van der Waals surface area contributed by atoms with Crippen molar-refractivity contribution in [3.63, 3.8) is 0 Å². The molecule has 1 atom stereocenters. The Morgan fingerprint density at radius 2 is 1.88 bits per heavy atom. The highest BCUT2D eigenvalue weighted by Gasteiger charge is 2.17. The number of nitrogens with one attached hydrogen (secondary N) is 1. The van der Waals surface area contributed by atoms with Crippen LogP contribution in [0.2, 0.25) is 0 Å². The lowest BCUT2D eigenvalue weighted by atomic mass is 10.1. The number of benzene rings is 2. The Bertz CT molecular complexity index is 899. The van der Waals surface area contributed by atoms with E-state index in [1.807, 2.05) is 18.2 Å². The highest BCUT2D eigenvalue weighted by atomic mass is 32.2. The topological polar surface area (TPSA) is 34.0 Å². The summed E-state index contributed by atoms with van der Waals surface area (Å²) in [6.45, 7) is 2.08. The van der Waals surface area contributed by atoms with E-state index < -0.39 is 16.6 Å². The van der Waals surface area contributed by atoms with Crippen LogP contribution in [0.1, 0.15) is 18.9 Å². The van der Waals surface area contributed by atoms with Gasteiger partial charge in [0.25, 0.3) is 0 Å². The van der Waals surface area contributed by atoms with E-state index in [9.17, 15) is 8.60 Å². The van der Waals surface area contributed by atoms with Crippen LogP contribution >= 0.6 is 0 Å². The van der Waals surface area contributed by atoms with E-state index in [1.165, 1.54) is 6.07 Å². The molecule has 1 N–H and O–H groups in total. The van der Waals surface area contributed by atoms with Gasteiger partial charge in [0, 0.05) is 28.0 Å². The van der Waals surface area contributed by atoms with Crippen LogP contribution in [0.4, 0.5) is 4.39 Å². The van der Waals surface area contributed by atoms with Gasteiger partial charge in [0.05, 0.1) is 15.7 Å². The van der Waals surface area contributed by atoms with Gasteiger partial charge >= 0.3 is 0 Å². The SMILES string of the molecule is O=S(c1ccc2c(ccn2C2CCNCC2)c1)c1ccccc1F. The molecule has 2 aromatic carbocycles. The van der Waals surface area contributed by atoms with Gasteiger partial charge in [0.2, 0.25) is 0 Å². The van der Waals surface area contributed by atoms with Crippen molar-refractivity contribution in [2.24, 2.45) is 0 Å². The standard InChI is InChI=1S/C19H19FN2OS/c20-17-3-1-2-4-19(17)24(23)16-5-6-18-14(13-16)9-12-22(18)15-7-10-21-11-8-15/h1-6,9,12-13,15,21H,7-8,10-11H2. The first-order valence-electron chi connectivity index (χ1n) is 8.21. The van der Waals surface area contributed by atoms with Crippen molar-refractivity contribution in [1.82, 2.24) is 9.88 Å². The maximum atomic E-state index is 13.9. The Hall–Kier alpha value is -1.98. The molecule has 0 bridgehead atoms. The van der Waals surface area contributed by atoms with Crippen LogP contribution in [-0.2, 0) is 10.8 Å². The molecular weight excluding hydrogens is 323 g/mol. The molecule has 1 fully saturated rings. The summed E-state index contributed by atoms with van der Waals surface area (Å²) in [5.74, 6) is -0.428. The average Bonchev–Trinajstić information content (AvgIpc) is 3.05. The summed E-state index contributed by atoms with van der Waals surface area (Å²) < 4.78 is 28.9. The molecule has 1 aromatic heterocycles. The predicted molar refractivity (Wildman–Crippen MR) is 94.2 cm³/mol. The lowest BCUT2D eigenvalue weighted by molar-refractivity contribution is 0.376. The van der Waals surface area contributed by atoms with Gasteiger partial charge in [0.15, 0.2) is 0 Å². The lowest BCUT2D eigenvalue weighted by Crippen LogP contribution is -2.29. The van der Waals surface area contributed by atoms with E-state index in [2.05, 4.69) is 22.1 Å². The van der Waals surface area contributed by atoms with Crippen molar-refractivity contribution in [3.8, 4) is 0 Å². The van der Waals surface area contributed by atoms with E-state index in [0.29, 0.717) is 10.9 Å². The fourth-order valence-corrected chi connectivity index (χ4v) is 4.51. The second kappa shape index (κ2) is 6.49. The second-order valence-corrected chi connectivity index (χ2v) is 7.57. The number of rotatable bonds is 3. The molecule has 1 saturated heterocycles. The highest BCUT2D eigenvalue weighted by Crippen LogP contribution is 2.28.